The Morgan fingerprint density at radius 1 is 1.00 bits per heavy atom. The van der Waals surface area contributed by atoms with Crippen molar-refractivity contribution in [2.45, 2.75) is 39.3 Å². The molecule has 0 aromatic heterocycles. The molecule has 1 heterocycles. The Labute approximate surface area is 206 Å². The molecule has 0 spiro atoms. The molecule has 0 fully saturated rings. The van der Waals surface area contributed by atoms with Crippen molar-refractivity contribution in [3.63, 3.8) is 0 Å². The SMILES string of the molecule is CCOc1ccc(OC[C@@H]2c3ccc(OC(C)C)cc3CCN2C(=S)c2cccc(F)c2)cc1. The molecular formula is C28H30FNO3S. The summed E-state index contributed by atoms with van der Waals surface area (Å²) in [4.78, 5) is 2.76. The summed E-state index contributed by atoms with van der Waals surface area (Å²) < 4.78 is 31.6. The Balaban J connectivity index is 1.61. The van der Waals surface area contributed by atoms with Crippen LogP contribution in [0.3, 0.4) is 0 Å². The molecule has 4 nitrogen and oxygen atoms in total. The lowest BCUT2D eigenvalue weighted by molar-refractivity contribution is 0.190. The summed E-state index contributed by atoms with van der Waals surface area (Å²) >= 11 is 5.83. The van der Waals surface area contributed by atoms with E-state index in [1.807, 2.05) is 57.2 Å². The van der Waals surface area contributed by atoms with E-state index in [-0.39, 0.29) is 18.0 Å². The van der Waals surface area contributed by atoms with Crippen LogP contribution in [0.5, 0.6) is 17.2 Å². The predicted molar refractivity (Wildman–Crippen MR) is 137 cm³/mol. The third-order valence-corrected chi connectivity index (χ3v) is 6.19. The smallest absolute Gasteiger partial charge is 0.123 e. The molecule has 4 rings (SSSR count). The number of nitrogens with zero attached hydrogens (tertiary/aromatic N) is 1. The largest absolute Gasteiger partial charge is 0.494 e. The van der Waals surface area contributed by atoms with Gasteiger partial charge in [-0.15, -0.1) is 0 Å². The Hall–Kier alpha value is -3.12. The number of thiocarbonyl (C=S) groups is 1. The normalized spacial score (nSPS) is 15.1. The van der Waals surface area contributed by atoms with Gasteiger partial charge in [-0.25, -0.2) is 4.39 Å². The Morgan fingerprint density at radius 2 is 1.71 bits per heavy atom. The number of rotatable bonds is 8. The Morgan fingerprint density at radius 3 is 2.38 bits per heavy atom. The van der Waals surface area contributed by atoms with Crippen molar-refractivity contribution in [3.05, 3.63) is 89.2 Å². The summed E-state index contributed by atoms with van der Waals surface area (Å²) in [5.41, 5.74) is 3.06. The van der Waals surface area contributed by atoms with Gasteiger partial charge < -0.3 is 19.1 Å². The molecule has 34 heavy (non-hydrogen) atoms. The predicted octanol–water partition coefficient (Wildman–Crippen LogP) is 6.37. The van der Waals surface area contributed by atoms with E-state index in [2.05, 4.69) is 17.0 Å². The van der Waals surface area contributed by atoms with Gasteiger partial charge in [-0.05, 0) is 86.8 Å². The lowest BCUT2D eigenvalue weighted by atomic mass is 9.92. The van der Waals surface area contributed by atoms with Crippen LogP contribution in [0.15, 0.2) is 66.7 Å². The highest BCUT2D eigenvalue weighted by Crippen LogP contribution is 2.34. The van der Waals surface area contributed by atoms with Gasteiger partial charge in [-0.3, -0.25) is 0 Å². The van der Waals surface area contributed by atoms with E-state index in [1.165, 1.54) is 17.7 Å². The topological polar surface area (TPSA) is 30.9 Å². The number of ether oxygens (including phenoxy) is 3. The molecule has 0 N–H and O–H groups in total. The maximum atomic E-state index is 13.9. The lowest BCUT2D eigenvalue weighted by Gasteiger charge is -2.39. The summed E-state index contributed by atoms with van der Waals surface area (Å²) in [7, 11) is 0. The second-order valence-electron chi connectivity index (χ2n) is 8.52. The highest BCUT2D eigenvalue weighted by Gasteiger charge is 2.30. The van der Waals surface area contributed by atoms with E-state index in [0.717, 1.165) is 29.2 Å². The molecule has 1 aliphatic rings. The number of benzene rings is 3. The van der Waals surface area contributed by atoms with Crippen LogP contribution in [0.1, 0.15) is 43.5 Å². The average molecular weight is 480 g/mol. The first kappa shape index (κ1) is 24.0. The van der Waals surface area contributed by atoms with E-state index in [1.54, 1.807) is 6.07 Å². The van der Waals surface area contributed by atoms with E-state index in [9.17, 15) is 4.39 Å². The molecular weight excluding hydrogens is 449 g/mol. The van der Waals surface area contributed by atoms with Crippen LogP contribution in [-0.2, 0) is 6.42 Å². The van der Waals surface area contributed by atoms with Crippen molar-refractivity contribution in [3.8, 4) is 17.2 Å². The molecule has 1 atom stereocenters. The molecule has 6 heteroatoms. The monoisotopic (exact) mass is 479 g/mol. The van der Waals surface area contributed by atoms with E-state index >= 15 is 0 Å². The molecule has 0 aliphatic carbocycles. The second kappa shape index (κ2) is 10.9. The number of hydrogen-bond donors (Lipinski definition) is 0. The molecule has 1 aliphatic heterocycles. The van der Waals surface area contributed by atoms with Crippen molar-refractivity contribution in [2.75, 3.05) is 19.8 Å². The van der Waals surface area contributed by atoms with Gasteiger partial charge in [-0.1, -0.05) is 30.4 Å². The van der Waals surface area contributed by atoms with Crippen molar-refractivity contribution < 1.29 is 18.6 Å². The fourth-order valence-electron chi connectivity index (χ4n) is 4.22. The fourth-order valence-corrected chi connectivity index (χ4v) is 4.56. The van der Waals surface area contributed by atoms with E-state index < -0.39 is 0 Å². The van der Waals surface area contributed by atoms with Crippen molar-refractivity contribution in [1.29, 1.82) is 0 Å². The molecule has 0 saturated heterocycles. The fraction of sp³-hybridized carbons (Fsp3) is 0.321. The molecule has 3 aromatic carbocycles. The number of fused-ring (bicyclic) bond motifs is 1. The zero-order valence-corrected chi connectivity index (χ0v) is 20.6. The van der Waals surface area contributed by atoms with Gasteiger partial charge in [0.15, 0.2) is 0 Å². The maximum Gasteiger partial charge on any atom is 0.123 e. The van der Waals surface area contributed by atoms with Crippen molar-refractivity contribution >= 4 is 17.2 Å². The van der Waals surface area contributed by atoms with Crippen LogP contribution >= 0.6 is 12.2 Å². The second-order valence-corrected chi connectivity index (χ2v) is 8.90. The molecule has 0 amide bonds. The minimum Gasteiger partial charge on any atom is -0.494 e. The van der Waals surface area contributed by atoms with Gasteiger partial charge in [0.1, 0.15) is 34.7 Å². The molecule has 0 unspecified atom stereocenters. The minimum absolute atomic E-state index is 0.109. The van der Waals surface area contributed by atoms with Gasteiger partial charge in [-0.2, -0.15) is 0 Å². The zero-order chi connectivity index (χ0) is 24.1. The Bertz CT molecular complexity index is 1130. The highest BCUT2D eigenvalue weighted by atomic mass is 32.1. The third-order valence-electron chi connectivity index (χ3n) is 5.72. The highest BCUT2D eigenvalue weighted by molar-refractivity contribution is 7.80. The average Bonchev–Trinajstić information content (AvgIpc) is 2.82. The first-order valence-electron chi connectivity index (χ1n) is 11.7. The standard InChI is InChI=1S/C28H30FNO3S/c1-4-31-23-8-10-24(11-9-23)32-18-27-26-13-12-25(33-19(2)3)17-20(26)14-15-30(27)28(34)21-6-5-7-22(29)16-21/h5-13,16-17,19,27H,4,14-15,18H2,1-3H3/t27-/m1/s1. The zero-order valence-electron chi connectivity index (χ0n) is 19.8. The quantitative estimate of drug-likeness (QED) is 0.351. The summed E-state index contributed by atoms with van der Waals surface area (Å²) in [5, 5.41) is 0. The maximum absolute atomic E-state index is 13.9. The van der Waals surface area contributed by atoms with Crippen molar-refractivity contribution in [1.82, 2.24) is 4.90 Å². The van der Waals surface area contributed by atoms with Gasteiger partial charge in [0, 0.05) is 12.1 Å². The molecule has 0 radical (unpaired) electrons. The van der Waals surface area contributed by atoms with Crippen LogP contribution in [0.2, 0.25) is 0 Å². The number of halogens is 1. The van der Waals surface area contributed by atoms with Crippen LogP contribution in [0.25, 0.3) is 0 Å². The molecule has 178 valence electrons. The van der Waals surface area contributed by atoms with Gasteiger partial charge >= 0.3 is 0 Å². The van der Waals surface area contributed by atoms with Gasteiger partial charge in [0.2, 0.25) is 0 Å². The third kappa shape index (κ3) is 5.68. The first-order chi connectivity index (χ1) is 16.4. The lowest BCUT2D eigenvalue weighted by Crippen LogP contribution is -2.42. The molecule has 3 aromatic rings. The Kier molecular flexibility index (Phi) is 7.68. The van der Waals surface area contributed by atoms with Crippen LogP contribution in [-0.4, -0.2) is 35.8 Å². The van der Waals surface area contributed by atoms with Crippen LogP contribution in [0, 0.1) is 5.82 Å². The van der Waals surface area contributed by atoms with E-state index in [0.29, 0.717) is 30.3 Å². The van der Waals surface area contributed by atoms with Crippen LogP contribution < -0.4 is 14.2 Å². The minimum atomic E-state index is -0.296. The summed E-state index contributed by atoms with van der Waals surface area (Å²) in [6.45, 7) is 7.73. The first-order valence-corrected chi connectivity index (χ1v) is 12.1. The van der Waals surface area contributed by atoms with E-state index in [4.69, 9.17) is 26.4 Å². The summed E-state index contributed by atoms with van der Waals surface area (Å²) in [5.74, 6) is 2.13. The summed E-state index contributed by atoms with van der Waals surface area (Å²) in [6, 6.07) is 20.2. The molecule has 0 bridgehead atoms. The van der Waals surface area contributed by atoms with Gasteiger partial charge in [0.05, 0.1) is 18.8 Å². The van der Waals surface area contributed by atoms with Crippen molar-refractivity contribution in [2.24, 2.45) is 0 Å². The van der Waals surface area contributed by atoms with Crippen LogP contribution in [0.4, 0.5) is 4.39 Å². The molecule has 0 saturated carbocycles. The van der Waals surface area contributed by atoms with Gasteiger partial charge in [0.25, 0.3) is 0 Å². The summed E-state index contributed by atoms with van der Waals surface area (Å²) in [6.07, 6.45) is 0.928. The number of hydrogen-bond acceptors (Lipinski definition) is 4.